The Morgan fingerprint density at radius 3 is 2.50 bits per heavy atom. The van der Waals surface area contributed by atoms with E-state index in [0.29, 0.717) is 0 Å². The van der Waals surface area contributed by atoms with Crippen molar-refractivity contribution in [1.29, 1.82) is 0 Å². The fraction of sp³-hybridized carbons (Fsp3) is 0.538. The van der Waals surface area contributed by atoms with Crippen LogP contribution in [0.15, 0.2) is 12.1 Å². The predicted molar refractivity (Wildman–Crippen MR) is 67.6 cm³/mol. The van der Waals surface area contributed by atoms with Crippen molar-refractivity contribution in [3.8, 4) is 5.75 Å². The van der Waals surface area contributed by atoms with Gasteiger partial charge in [0.25, 0.3) is 0 Å². The molecule has 1 heterocycles. The van der Waals surface area contributed by atoms with Gasteiger partial charge in [0.15, 0.2) is 0 Å². The molecular weight excluding hydrogens is 200 g/mol. The Morgan fingerprint density at radius 2 is 1.88 bits per heavy atom. The maximum atomic E-state index is 5.50. The first-order chi connectivity index (χ1) is 7.72. The Balaban J connectivity index is 2.37. The van der Waals surface area contributed by atoms with E-state index in [9.17, 15) is 0 Å². The van der Waals surface area contributed by atoms with E-state index in [1.54, 1.807) is 7.11 Å². The lowest BCUT2D eigenvalue weighted by molar-refractivity contribution is 0.412. The molecule has 88 valence electrons. The number of methoxy groups -OCH3 is 1. The van der Waals surface area contributed by atoms with E-state index in [4.69, 9.17) is 4.74 Å². The van der Waals surface area contributed by atoms with E-state index >= 15 is 0 Å². The number of anilines is 1. The van der Waals surface area contributed by atoms with Gasteiger partial charge in [-0.05, 0) is 31.0 Å². The van der Waals surface area contributed by atoms with Crippen molar-refractivity contribution in [3.05, 3.63) is 23.3 Å². The molecule has 1 aromatic carbocycles. The van der Waals surface area contributed by atoms with Crippen molar-refractivity contribution >= 4 is 5.69 Å². The molecule has 1 aromatic rings. The van der Waals surface area contributed by atoms with Gasteiger partial charge in [0.05, 0.1) is 12.8 Å². The second-order valence-corrected chi connectivity index (χ2v) is 4.37. The Hall–Kier alpha value is -1.22. The molecule has 0 aliphatic carbocycles. The summed E-state index contributed by atoms with van der Waals surface area (Å²) >= 11 is 0. The summed E-state index contributed by atoms with van der Waals surface area (Å²) in [6.45, 7) is 8.48. The number of hydrogen-bond acceptors (Lipinski definition) is 3. The van der Waals surface area contributed by atoms with Gasteiger partial charge in [-0.1, -0.05) is 6.07 Å². The quantitative estimate of drug-likeness (QED) is 0.821. The molecule has 2 rings (SSSR count). The number of hydrogen-bond donors (Lipinski definition) is 1. The largest absolute Gasteiger partial charge is 0.495 e. The van der Waals surface area contributed by atoms with Crippen molar-refractivity contribution in [2.75, 3.05) is 38.2 Å². The van der Waals surface area contributed by atoms with Crippen LogP contribution in [0.2, 0.25) is 0 Å². The van der Waals surface area contributed by atoms with Crippen molar-refractivity contribution in [3.63, 3.8) is 0 Å². The molecule has 0 radical (unpaired) electrons. The summed E-state index contributed by atoms with van der Waals surface area (Å²) in [6.07, 6.45) is 0. The zero-order valence-electron chi connectivity index (χ0n) is 10.3. The number of nitrogens with zero attached hydrogens (tertiary/aromatic N) is 1. The van der Waals surface area contributed by atoms with Gasteiger partial charge in [-0.15, -0.1) is 0 Å². The summed E-state index contributed by atoms with van der Waals surface area (Å²) < 4.78 is 5.50. The highest BCUT2D eigenvalue weighted by Gasteiger charge is 2.17. The molecule has 1 aliphatic heterocycles. The van der Waals surface area contributed by atoms with E-state index in [1.807, 2.05) is 0 Å². The second kappa shape index (κ2) is 4.74. The van der Waals surface area contributed by atoms with Crippen LogP contribution in [0.4, 0.5) is 5.69 Å². The van der Waals surface area contributed by atoms with Crippen LogP contribution in [0.25, 0.3) is 0 Å². The van der Waals surface area contributed by atoms with Crippen LogP contribution in [0.1, 0.15) is 11.1 Å². The number of benzene rings is 1. The zero-order chi connectivity index (χ0) is 11.5. The Bertz CT molecular complexity index is 370. The molecule has 3 nitrogen and oxygen atoms in total. The smallest absolute Gasteiger partial charge is 0.142 e. The molecule has 1 saturated heterocycles. The van der Waals surface area contributed by atoms with Gasteiger partial charge in [-0.2, -0.15) is 0 Å². The molecule has 16 heavy (non-hydrogen) atoms. The minimum absolute atomic E-state index is 0.999. The summed E-state index contributed by atoms with van der Waals surface area (Å²) in [5, 5.41) is 3.37. The van der Waals surface area contributed by atoms with Gasteiger partial charge < -0.3 is 15.0 Å². The van der Waals surface area contributed by atoms with Gasteiger partial charge in [0, 0.05) is 26.2 Å². The lowest BCUT2D eigenvalue weighted by Crippen LogP contribution is -2.43. The fourth-order valence-electron chi connectivity index (χ4n) is 2.37. The second-order valence-electron chi connectivity index (χ2n) is 4.37. The third kappa shape index (κ3) is 2.14. The maximum Gasteiger partial charge on any atom is 0.142 e. The molecule has 0 amide bonds. The SMILES string of the molecule is COc1cc(C)cc(C)c1N1CCNCC1. The van der Waals surface area contributed by atoms with Crippen molar-refractivity contribution in [2.45, 2.75) is 13.8 Å². The maximum absolute atomic E-state index is 5.50. The first kappa shape index (κ1) is 11.3. The number of ether oxygens (including phenoxy) is 1. The lowest BCUT2D eigenvalue weighted by Gasteiger charge is -2.32. The average molecular weight is 220 g/mol. The first-order valence-electron chi connectivity index (χ1n) is 5.83. The normalized spacial score (nSPS) is 16.3. The monoisotopic (exact) mass is 220 g/mol. The highest BCUT2D eigenvalue weighted by Crippen LogP contribution is 2.33. The summed E-state index contributed by atoms with van der Waals surface area (Å²) in [7, 11) is 1.75. The topological polar surface area (TPSA) is 24.5 Å². The van der Waals surface area contributed by atoms with Crippen molar-refractivity contribution in [1.82, 2.24) is 5.32 Å². The molecule has 0 saturated carbocycles. The van der Waals surface area contributed by atoms with Gasteiger partial charge >= 0.3 is 0 Å². The Morgan fingerprint density at radius 1 is 1.19 bits per heavy atom. The standard InChI is InChI=1S/C13H20N2O/c1-10-8-11(2)13(12(9-10)16-3)15-6-4-14-5-7-15/h8-9,14H,4-7H2,1-3H3. The van der Waals surface area contributed by atoms with E-state index in [-0.39, 0.29) is 0 Å². The predicted octanol–water partition coefficient (Wildman–Crippen LogP) is 1.72. The summed E-state index contributed by atoms with van der Waals surface area (Å²) in [6, 6.07) is 4.34. The molecule has 0 aromatic heterocycles. The molecule has 1 fully saturated rings. The van der Waals surface area contributed by atoms with Crippen molar-refractivity contribution in [2.24, 2.45) is 0 Å². The Kier molecular flexibility index (Phi) is 3.34. The van der Waals surface area contributed by atoms with E-state index in [2.05, 4.69) is 36.2 Å². The highest BCUT2D eigenvalue weighted by molar-refractivity contribution is 5.65. The van der Waals surface area contributed by atoms with Gasteiger partial charge in [0.1, 0.15) is 5.75 Å². The number of rotatable bonds is 2. The molecule has 1 aliphatic rings. The first-order valence-corrected chi connectivity index (χ1v) is 5.83. The third-order valence-corrected chi connectivity index (χ3v) is 3.06. The van der Waals surface area contributed by atoms with Crippen LogP contribution in [-0.2, 0) is 0 Å². The van der Waals surface area contributed by atoms with Crippen molar-refractivity contribution < 1.29 is 4.74 Å². The van der Waals surface area contributed by atoms with Crippen LogP contribution in [0, 0.1) is 13.8 Å². The average Bonchev–Trinajstić information content (AvgIpc) is 2.29. The van der Waals surface area contributed by atoms with Crippen LogP contribution in [0.3, 0.4) is 0 Å². The Labute approximate surface area is 97.4 Å². The highest BCUT2D eigenvalue weighted by atomic mass is 16.5. The summed E-state index contributed by atoms with van der Waals surface area (Å²) in [5.74, 6) is 0.999. The number of nitrogens with one attached hydrogen (secondary N) is 1. The molecular formula is C13H20N2O. The van der Waals surface area contributed by atoms with E-state index in [1.165, 1.54) is 16.8 Å². The minimum atomic E-state index is 0.999. The molecule has 0 atom stereocenters. The van der Waals surface area contributed by atoms with E-state index in [0.717, 1.165) is 31.9 Å². The summed E-state index contributed by atoms with van der Waals surface area (Å²) in [5.41, 5.74) is 3.82. The van der Waals surface area contributed by atoms with Crippen LogP contribution < -0.4 is 15.0 Å². The zero-order valence-corrected chi connectivity index (χ0v) is 10.3. The number of piperazine rings is 1. The summed E-state index contributed by atoms with van der Waals surface area (Å²) in [4.78, 5) is 2.41. The van der Waals surface area contributed by atoms with Gasteiger partial charge in [-0.25, -0.2) is 0 Å². The van der Waals surface area contributed by atoms with Crippen LogP contribution in [-0.4, -0.2) is 33.3 Å². The molecule has 1 N–H and O–H groups in total. The third-order valence-electron chi connectivity index (χ3n) is 3.06. The van der Waals surface area contributed by atoms with Gasteiger partial charge in [-0.3, -0.25) is 0 Å². The number of aryl methyl sites for hydroxylation is 2. The molecule has 3 heteroatoms. The van der Waals surface area contributed by atoms with E-state index < -0.39 is 0 Å². The minimum Gasteiger partial charge on any atom is -0.495 e. The van der Waals surface area contributed by atoms with Crippen LogP contribution >= 0.6 is 0 Å². The van der Waals surface area contributed by atoms with Crippen LogP contribution in [0.5, 0.6) is 5.75 Å². The van der Waals surface area contributed by atoms with Gasteiger partial charge in [0.2, 0.25) is 0 Å². The fourth-order valence-corrected chi connectivity index (χ4v) is 2.37. The molecule has 0 unspecified atom stereocenters. The molecule has 0 spiro atoms. The molecule has 0 bridgehead atoms. The lowest BCUT2D eigenvalue weighted by atomic mass is 10.1.